The molecule has 0 spiro atoms. The van der Waals surface area contributed by atoms with Crippen LogP contribution in [0.2, 0.25) is 0 Å². The number of benzene rings is 1. The van der Waals surface area contributed by atoms with Crippen LogP contribution in [0.15, 0.2) is 10.5 Å². The van der Waals surface area contributed by atoms with Gasteiger partial charge >= 0.3 is 0 Å². The number of aryl methyl sites for hydroxylation is 1. The van der Waals surface area contributed by atoms with Crippen LogP contribution in [-0.2, 0) is 11.2 Å². The summed E-state index contributed by atoms with van der Waals surface area (Å²) in [5.41, 5.74) is 0.639. The summed E-state index contributed by atoms with van der Waals surface area (Å²) in [5.74, 6) is -0.325. The van der Waals surface area contributed by atoms with Crippen molar-refractivity contribution < 1.29 is 18.7 Å². The molecular formula is C11H12BrFO3. The summed E-state index contributed by atoms with van der Waals surface area (Å²) in [7, 11) is 2.77. The molecule has 0 aliphatic rings. The van der Waals surface area contributed by atoms with Gasteiger partial charge in [0.25, 0.3) is 0 Å². The van der Waals surface area contributed by atoms with Gasteiger partial charge in [0.15, 0.2) is 11.5 Å². The van der Waals surface area contributed by atoms with E-state index >= 15 is 0 Å². The van der Waals surface area contributed by atoms with Gasteiger partial charge in [0, 0.05) is 6.42 Å². The van der Waals surface area contributed by atoms with Crippen LogP contribution in [0.5, 0.6) is 11.5 Å². The molecule has 0 amide bonds. The van der Waals surface area contributed by atoms with Gasteiger partial charge in [-0.05, 0) is 34.0 Å². The highest BCUT2D eigenvalue weighted by Gasteiger charge is 2.18. The van der Waals surface area contributed by atoms with E-state index in [2.05, 4.69) is 15.9 Å². The third-order valence-corrected chi connectivity index (χ3v) is 2.74. The van der Waals surface area contributed by atoms with Crippen LogP contribution in [0.25, 0.3) is 0 Å². The third kappa shape index (κ3) is 2.52. The number of methoxy groups -OCH3 is 2. The van der Waals surface area contributed by atoms with Crippen LogP contribution in [0.3, 0.4) is 0 Å². The largest absolute Gasteiger partial charge is 0.493 e. The van der Waals surface area contributed by atoms with Gasteiger partial charge in [0.1, 0.15) is 6.29 Å². The van der Waals surface area contributed by atoms with Crippen molar-refractivity contribution >= 4 is 22.2 Å². The highest BCUT2D eigenvalue weighted by Crippen LogP contribution is 2.37. The molecule has 3 nitrogen and oxygen atoms in total. The van der Waals surface area contributed by atoms with Gasteiger partial charge in [0.05, 0.1) is 18.7 Å². The number of ether oxygens (including phenoxy) is 2. The van der Waals surface area contributed by atoms with Crippen molar-refractivity contribution in [2.45, 2.75) is 12.8 Å². The molecule has 0 fully saturated rings. The fourth-order valence-electron chi connectivity index (χ4n) is 1.44. The summed E-state index contributed by atoms with van der Waals surface area (Å²) < 4.78 is 24.2. The molecule has 0 atom stereocenters. The first kappa shape index (κ1) is 13.0. The van der Waals surface area contributed by atoms with Crippen LogP contribution in [0.1, 0.15) is 12.0 Å². The van der Waals surface area contributed by atoms with Crippen molar-refractivity contribution in [3.8, 4) is 11.5 Å². The van der Waals surface area contributed by atoms with Gasteiger partial charge in [-0.2, -0.15) is 4.39 Å². The second-order valence-electron chi connectivity index (χ2n) is 3.10. The van der Waals surface area contributed by atoms with E-state index in [9.17, 15) is 9.18 Å². The molecule has 0 aliphatic heterocycles. The van der Waals surface area contributed by atoms with Crippen LogP contribution >= 0.6 is 15.9 Å². The van der Waals surface area contributed by atoms with E-state index in [1.54, 1.807) is 6.07 Å². The minimum atomic E-state index is -0.555. The number of rotatable bonds is 5. The number of hydrogen-bond acceptors (Lipinski definition) is 3. The highest BCUT2D eigenvalue weighted by atomic mass is 79.9. The fourth-order valence-corrected chi connectivity index (χ4v) is 2.05. The maximum absolute atomic E-state index is 13.9. The van der Waals surface area contributed by atoms with E-state index in [-0.39, 0.29) is 11.5 Å². The van der Waals surface area contributed by atoms with E-state index in [0.29, 0.717) is 22.9 Å². The molecule has 0 heterocycles. The minimum absolute atomic E-state index is 0.103. The summed E-state index contributed by atoms with van der Waals surface area (Å²) in [6.45, 7) is 0. The molecule has 0 aliphatic carbocycles. The molecule has 0 saturated heterocycles. The minimum Gasteiger partial charge on any atom is -0.493 e. The first-order valence-electron chi connectivity index (χ1n) is 4.68. The predicted octanol–water partition coefficient (Wildman–Crippen LogP) is 2.74. The number of hydrogen-bond donors (Lipinski definition) is 0. The molecule has 0 radical (unpaired) electrons. The Hall–Kier alpha value is -1.10. The number of aldehydes is 1. The molecular weight excluding hydrogens is 279 g/mol. The zero-order valence-electron chi connectivity index (χ0n) is 9.05. The molecule has 0 unspecified atom stereocenters. The Balaban J connectivity index is 3.23. The van der Waals surface area contributed by atoms with Crippen LogP contribution in [-0.4, -0.2) is 20.5 Å². The Morgan fingerprint density at radius 3 is 2.50 bits per heavy atom. The predicted molar refractivity (Wildman–Crippen MR) is 61.6 cm³/mol. The summed E-state index contributed by atoms with van der Waals surface area (Å²) in [4.78, 5) is 10.3. The van der Waals surface area contributed by atoms with Gasteiger partial charge in [-0.15, -0.1) is 0 Å². The Morgan fingerprint density at radius 2 is 2.00 bits per heavy atom. The Labute approximate surface area is 102 Å². The summed E-state index contributed by atoms with van der Waals surface area (Å²) in [6.07, 6.45) is 1.55. The lowest BCUT2D eigenvalue weighted by molar-refractivity contribution is -0.107. The molecule has 1 aromatic rings. The molecule has 0 N–H and O–H groups in total. The highest BCUT2D eigenvalue weighted by molar-refractivity contribution is 9.10. The van der Waals surface area contributed by atoms with E-state index in [1.165, 1.54) is 14.2 Å². The second-order valence-corrected chi connectivity index (χ2v) is 3.96. The zero-order chi connectivity index (χ0) is 12.1. The van der Waals surface area contributed by atoms with Crippen LogP contribution < -0.4 is 9.47 Å². The Morgan fingerprint density at radius 1 is 1.38 bits per heavy atom. The van der Waals surface area contributed by atoms with E-state index in [4.69, 9.17) is 9.47 Å². The first-order valence-corrected chi connectivity index (χ1v) is 5.47. The molecule has 88 valence electrons. The molecule has 1 rings (SSSR count). The van der Waals surface area contributed by atoms with Crippen molar-refractivity contribution in [2.75, 3.05) is 14.2 Å². The summed E-state index contributed by atoms with van der Waals surface area (Å²) in [5, 5.41) is 0. The lowest BCUT2D eigenvalue weighted by Crippen LogP contribution is -2.00. The normalized spacial score (nSPS) is 10.0. The van der Waals surface area contributed by atoms with Gasteiger partial charge < -0.3 is 14.3 Å². The molecule has 1 aromatic carbocycles. The standard InChI is InChI=1S/C11H12BrFO3/c1-15-10-7(4-3-5-14)6-8(12)11(16-2)9(10)13/h5-6H,3-4H2,1-2H3. The topological polar surface area (TPSA) is 35.5 Å². The Kier molecular flexibility index (Phi) is 4.73. The van der Waals surface area contributed by atoms with Gasteiger partial charge in [-0.3, -0.25) is 0 Å². The van der Waals surface area contributed by atoms with Gasteiger partial charge in [-0.1, -0.05) is 0 Å². The first-order chi connectivity index (χ1) is 7.65. The average Bonchev–Trinajstić information content (AvgIpc) is 2.26. The third-order valence-electron chi connectivity index (χ3n) is 2.15. The number of carbonyl (C=O) groups is 1. The van der Waals surface area contributed by atoms with Crippen molar-refractivity contribution in [3.63, 3.8) is 0 Å². The van der Waals surface area contributed by atoms with E-state index in [1.807, 2.05) is 0 Å². The van der Waals surface area contributed by atoms with Gasteiger partial charge in [0.2, 0.25) is 5.82 Å². The molecule has 0 saturated carbocycles. The zero-order valence-corrected chi connectivity index (χ0v) is 10.6. The molecule has 16 heavy (non-hydrogen) atoms. The average molecular weight is 291 g/mol. The quantitative estimate of drug-likeness (QED) is 0.782. The summed E-state index contributed by atoms with van der Waals surface area (Å²) >= 11 is 3.20. The van der Waals surface area contributed by atoms with Crippen LogP contribution in [0.4, 0.5) is 4.39 Å². The van der Waals surface area contributed by atoms with Crippen LogP contribution in [0, 0.1) is 5.82 Å². The van der Waals surface area contributed by atoms with Crippen molar-refractivity contribution in [1.82, 2.24) is 0 Å². The Bertz CT molecular complexity index is 393. The smallest absolute Gasteiger partial charge is 0.208 e. The van der Waals surface area contributed by atoms with E-state index < -0.39 is 5.82 Å². The summed E-state index contributed by atoms with van der Waals surface area (Å²) in [6, 6.07) is 1.70. The van der Waals surface area contributed by atoms with Gasteiger partial charge in [-0.25, -0.2) is 0 Å². The number of halogens is 2. The number of carbonyl (C=O) groups excluding carboxylic acids is 1. The van der Waals surface area contributed by atoms with Crippen molar-refractivity contribution in [1.29, 1.82) is 0 Å². The molecule has 0 aromatic heterocycles. The lowest BCUT2D eigenvalue weighted by Gasteiger charge is -2.13. The lowest BCUT2D eigenvalue weighted by atomic mass is 10.1. The molecule has 0 bridgehead atoms. The molecule has 5 heteroatoms. The fraction of sp³-hybridized carbons (Fsp3) is 0.364. The maximum atomic E-state index is 13.9. The monoisotopic (exact) mass is 290 g/mol. The SMILES string of the molecule is COc1c(Br)cc(CCC=O)c(OC)c1F. The maximum Gasteiger partial charge on any atom is 0.208 e. The second kappa shape index (κ2) is 5.84. The van der Waals surface area contributed by atoms with E-state index in [0.717, 1.165) is 6.29 Å². The van der Waals surface area contributed by atoms with Crippen molar-refractivity contribution in [3.05, 3.63) is 21.9 Å². The van der Waals surface area contributed by atoms with Crippen molar-refractivity contribution in [2.24, 2.45) is 0 Å².